The minimum atomic E-state index is -0.207. The summed E-state index contributed by atoms with van der Waals surface area (Å²) in [5, 5.41) is 9.99. The first-order chi connectivity index (χ1) is 14.8. The molecule has 2 aromatic heterocycles. The molecule has 0 bridgehead atoms. The van der Waals surface area contributed by atoms with Gasteiger partial charge in [0.2, 0.25) is 0 Å². The summed E-state index contributed by atoms with van der Waals surface area (Å²) in [5.41, 5.74) is 5.10. The second-order valence-corrected chi connectivity index (χ2v) is 7.11. The number of carbonyl (C=O) groups excluding carboxylic acids is 1. The van der Waals surface area contributed by atoms with Crippen molar-refractivity contribution in [3.8, 4) is 28.1 Å². The number of para-hydroxylation sites is 1. The number of aromatic nitrogens is 4. The molecule has 5 rings (SSSR count). The molecule has 2 N–H and O–H groups in total. The number of fused-ring (bicyclic) bond motifs is 1. The molecule has 0 spiro atoms. The van der Waals surface area contributed by atoms with Crippen LogP contribution in [0.1, 0.15) is 16.1 Å². The molecular weight excluding hydrogens is 378 g/mol. The third kappa shape index (κ3) is 3.53. The van der Waals surface area contributed by atoms with Gasteiger partial charge in [-0.1, -0.05) is 48.5 Å². The minimum absolute atomic E-state index is 0.133. The quantitative estimate of drug-likeness (QED) is 0.539. The van der Waals surface area contributed by atoms with Crippen LogP contribution in [0.3, 0.4) is 0 Å². The van der Waals surface area contributed by atoms with Gasteiger partial charge in [0.15, 0.2) is 0 Å². The van der Waals surface area contributed by atoms with E-state index in [1.807, 2.05) is 48.5 Å². The van der Waals surface area contributed by atoms with Gasteiger partial charge in [-0.05, 0) is 11.6 Å². The Balaban J connectivity index is 1.25. The molecule has 1 amide bonds. The fourth-order valence-corrected chi connectivity index (χ4v) is 3.61. The molecule has 7 heteroatoms. The monoisotopic (exact) mass is 397 g/mol. The van der Waals surface area contributed by atoms with Crippen molar-refractivity contribution in [3.63, 3.8) is 0 Å². The lowest BCUT2D eigenvalue weighted by Gasteiger charge is -2.13. The predicted molar refractivity (Wildman–Crippen MR) is 112 cm³/mol. The Labute approximate surface area is 173 Å². The van der Waals surface area contributed by atoms with Crippen molar-refractivity contribution >= 4 is 5.91 Å². The van der Waals surface area contributed by atoms with Gasteiger partial charge in [-0.25, -0.2) is 9.97 Å². The number of H-pyrrole nitrogens is 1. The normalized spacial score (nSPS) is 14.7. The molecule has 0 saturated carbocycles. The van der Waals surface area contributed by atoms with E-state index in [1.54, 1.807) is 18.5 Å². The molecule has 3 heterocycles. The van der Waals surface area contributed by atoms with E-state index in [0.717, 1.165) is 40.1 Å². The molecule has 0 saturated heterocycles. The van der Waals surface area contributed by atoms with Crippen molar-refractivity contribution in [1.29, 1.82) is 0 Å². The topological polar surface area (TPSA) is 92.8 Å². The number of rotatable bonds is 5. The smallest absolute Gasteiger partial charge is 0.269 e. The van der Waals surface area contributed by atoms with Crippen LogP contribution in [0.2, 0.25) is 0 Å². The second kappa shape index (κ2) is 7.79. The largest absolute Gasteiger partial charge is 0.487 e. The summed E-state index contributed by atoms with van der Waals surface area (Å²) in [4.78, 5) is 20.7. The first-order valence-corrected chi connectivity index (χ1v) is 9.71. The Morgan fingerprint density at radius 1 is 1.07 bits per heavy atom. The van der Waals surface area contributed by atoms with E-state index in [1.165, 1.54) is 6.33 Å². The fraction of sp³-hybridized carbons (Fsp3) is 0.130. The molecule has 0 aliphatic carbocycles. The number of carbonyl (C=O) groups is 1. The van der Waals surface area contributed by atoms with Crippen molar-refractivity contribution in [1.82, 2.24) is 25.5 Å². The first kappa shape index (κ1) is 18.1. The fourth-order valence-electron chi connectivity index (χ4n) is 3.61. The summed E-state index contributed by atoms with van der Waals surface area (Å²) in [6, 6.07) is 17.5. The third-order valence-corrected chi connectivity index (χ3v) is 5.08. The number of aromatic amines is 1. The highest BCUT2D eigenvalue weighted by molar-refractivity contribution is 5.93. The van der Waals surface area contributed by atoms with Crippen LogP contribution < -0.4 is 10.1 Å². The predicted octanol–water partition coefficient (Wildman–Crippen LogP) is 3.27. The van der Waals surface area contributed by atoms with Crippen LogP contribution in [0.15, 0.2) is 73.3 Å². The molecule has 148 valence electrons. The number of nitrogens with zero attached hydrogens (tertiary/aromatic N) is 3. The number of ether oxygens (including phenoxy) is 1. The summed E-state index contributed by atoms with van der Waals surface area (Å²) in [7, 11) is 0. The van der Waals surface area contributed by atoms with Crippen molar-refractivity contribution in [2.75, 3.05) is 6.54 Å². The number of nitrogens with one attached hydrogen (secondary N) is 2. The van der Waals surface area contributed by atoms with E-state index in [9.17, 15) is 4.79 Å². The third-order valence-electron chi connectivity index (χ3n) is 5.08. The van der Waals surface area contributed by atoms with Gasteiger partial charge in [-0.15, -0.1) is 0 Å². The Morgan fingerprint density at radius 3 is 2.73 bits per heavy atom. The number of hydrogen-bond donors (Lipinski definition) is 2. The van der Waals surface area contributed by atoms with Crippen LogP contribution in [0.5, 0.6) is 5.75 Å². The van der Waals surface area contributed by atoms with E-state index >= 15 is 0 Å². The first-order valence-electron chi connectivity index (χ1n) is 9.71. The van der Waals surface area contributed by atoms with Gasteiger partial charge in [0.25, 0.3) is 5.91 Å². The molecular formula is C23H19N5O2. The highest BCUT2D eigenvalue weighted by Gasteiger charge is 2.26. The van der Waals surface area contributed by atoms with Gasteiger partial charge in [-0.3, -0.25) is 9.89 Å². The average molecular weight is 397 g/mol. The summed E-state index contributed by atoms with van der Waals surface area (Å²) in [6.07, 6.45) is 5.64. The highest BCUT2D eigenvalue weighted by atomic mass is 16.5. The van der Waals surface area contributed by atoms with Gasteiger partial charge in [-0.2, -0.15) is 5.10 Å². The Morgan fingerprint density at radius 2 is 1.90 bits per heavy atom. The van der Waals surface area contributed by atoms with Gasteiger partial charge < -0.3 is 10.1 Å². The lowest BCUT2D eigenvalue weighted by atomic mass is 10.0. The van der Waals surface area contributed by atoms with Gasteiger partial charge in [0.1, 0.15) is 23.9 Å². The van der Waals surface area contributed by atoms with E-state index in [0.29, 0.717) is 12.2 Å². The Hall–Kier alpha value is -4.00. The van der Waals surface area contributed by atoms with Crippen molar-refractivity contribution in [2.24, 2.45) is 0 Å². The maximum Gasteiger partial charge on any atom is 0.269 e. The van der Waals surface area contributed by atoms with Crippen molar-refractivity contribution in [3.05, 3.63) is 84.6 Å². The number of hydrogen-bond acceptors (Lipinski definition) is 5. The highest BCUT2D eigenvalue weighted by Crippen LogP contribution is 2.38. The Bertz CT molecular complexity index is 1170. The average Bonchev–Trinajstić information content (AvgIpc) is 3.46. The van der Waals surface area contributed by atoms with Crippen LogP contribution in [0, 0.1) is 0 Å². The van der Waals surface area contributed by atoms with Crippen LogP contribution in [0.4, 0.5) is 0 Å². The lowest BCUT2D eigenvalue weighted by Crippen LogP contribution is -2.34. The van der Waals surface area contributed by atoms with Crippen molar-refractivity contribution in [2.45, 2.75) is 12.5 Å². The van der Waals surface area contributed by atoms with E-state index in [-0.39, 0.29) is 12.0 Å². The molecule has 30 heavy (non-hydrogen) atoms. The molecule has 2 aromatic carbocycles. The molecule has 1 aliphatic heterocycles. The SMILES string of the molecule is O=C(NCC1Cc2cccc(-c3cncnc3)c2O1)c1cc(-c2ccccc2)n[nH]1. The number of benzene rings is 2. The summed E-state index contributed by atoms with van der Waals surface area (Å²) < 4.78 is 6.16. The van der Waals surface area contributed by atoms with E-state index in [4.69, 9.17) is 4.74 Å². The minimum Gasteiger partial charge on any atom is -0.487 e. The summed E-state index contributed by atoms with van der Waals surface area (Å²) >= 11 is 0. The van der Waals surface area contributed by atoms with Crippen LogP contribution in [0.25, 0.3) is 22.4 Å². The lowest BCUT2D eigenvalue weighted by molar-refractivity contribution is 0.0928. The van der Waals surface area contributed by atoms with E-state index in [2.05, 4.69) is 25.5 Å². The van der Waals surface area contributed by atoms with Crippen LogP contribution >= 0.6 is 0 Å². The Kier molecular flexibility index (Phi) is 4.69. The van der Waals surface area contributed by atoms with Crippen LogP contribution in [-0.2, 0) is 6.42 Å². The maximum atomic E-state index is 12.6. The zero-order valence-corrected chi connectivity index (χ0v) is 16.1. The number of amides is 1. The van der Waals surface area contributed by atoms with Gasteiger partial charge >= 0.3 is 0 Å². The second-order valence-electron chi connectivity index (χ2n) is 7.11. The van der Waals surface area contributed by atoms with Crippen molar-refractivity contribution < 1.29 is 9.53 Å². The van der Waals surface area contributed by atoms with Gasteiger partial charge in [0, 0.05) is 35.5 Å². The summed E-state index contributed by atoms with van der Waals surface area (Å²) in [5.74, 6) is 0.625. The van der Waals surface area contributed by atoms with E-state index < -0.39 is 0 Å². The van der Waals surface area contributed by atoms with Gasteiger partial charge in [0.05, 0.1) is 12.2 Å². The maximum absolute atomic E-state index is 12.6. The molecule has 1 atom stereocenters. The molecule has 0 radical (unpaired) electrons. The molecule has 7 nitrogen and oxygen atoms in total. The standard InChI is InChI=1S/C23H19N5O2/c29-23(21-10-20(27-28-21)15-5-2-1-3-6-15)26-13-18-9-16-7-4-8-19(22(16)30-18)17-11-24-14-25-12-17/h1-8,10-12,14,18H,9,13H2,(H,26,29)(H,27,28). The molecule has 0 fully saturated rings. The van der Waals surface area contributed by atoms with Crippen LogP contribution in [-0.4, -0.2) is 38.7 Å². The molecule has 4 aromatic rings. The zero-order chi connectivity index (χ0) is 20.3. The molecule has 1 unspecified atom stereocenters. The zero-order valence-electron chi connectivity index (χ0n) is 16.1. The summed E-state index contributed by atoms with van der Waals surface area (Å²) in [6.45, 7) is 0.401. The molecule has 1 aliphatic rings.